The van der Waals surface area contributed by atoms with Crippen molar-refractivity contribution >= 4 is 34.5 Å². The molecule has 0 radical (unpaired) electrons. The van der Waals surface area contributed by atoms with Crippen LogP contribution in [0.15, 0.2) is 41.7 Å². The van der Waals surface area contributed by atoms with Crippen molar-refractivity contribution in [2.45, 2.75) is 50.4 Å². The Morgan fingerprint density at radius 2 is 1.88 bits per heavy atom. The van der Waals surface area contributed by atoms with E-state index in [-0.39, 0.29) is 11.2 Å². The zero-order chi connectivity index (χ0) is 18.5. The van der Waals surface area contributed by atoms with Gasteiger partial charge in [0.25, 0.3) is 0 Å². The number of hydrogen-bond acceptors (Lipinski definition) is 4. The SMILES string of the molecule is CCc1cccc(CC)c1NC(=O)[C@H](CC)Sc1nc2ncccc2[nH]1. The molecule has 0 aliphatic heterocycles. The maximum absolute atomic E-state index is 12.9. The number of anilines is 1. The molecular formula is C20H24N4OS. The number of imidazole rings is 1. The number of amides is 1. The molecule has 0 spiro atoms. The summed E-state index contributed by atoms with van der Waals surface area (Å²) in [6.07, 6.45) is 4.22. The first-order chi connectivity index (χ1) is 12.7. The van der Waals surface area contributed by atoms with Crippen LogP contribution in [0.1, 0.15) is 38.3 Å². The maximum Gasteiger partial charge on any atom is 0.237 e. The highest BCUT2D eigenvalue weighted by Crippen LogP contribution is 2.28. The molecule has 3 aromatic rings. The van der Waals surface area contributed by atoms with Crippen molar-refractivity contribution in [2.24, 2.45) is 0 Å². The van der Waals surface area contributed by atoms with Crippen LogP contribution in [-0.4, -0.2) is 26.1 Å². The molecular weight excluding hydrogens is 344 g/mol. The summed E-state index contributed by atoms with van der Waals surface area (Å²) in [5.41, 5.74) is 4.87. The van der Waals surface area contributed by atoms with E-state index in [2.05, 4.69) is 52.3 Å². The predicted molar refractivity (Wildman–Crippen MR) is 108 cm³/mol. The van der Waals surface area contributed by atoms with E-state index in [1.165, 1.54) is 22.9 Å². The Hall–Kier alpha value is -2.34. The van der Waals surface area contributed by atoms with E-state index in [1.54, 1.807) is 6.20 Å². The standard InChI is InChI=1S/C20H24N4OS/c1-4-13-9-7-10-14(5-2)17(13)23-19(25)16(6-3)26-20-22-15-11-8-12-21-18(15)24-20/h7-12,16H,4-6H2,1-3H3,(H,23,25)(H,21,22,24)/t16-/m0/s1. The fraction of sp³-hybridized carbons (Fsp3) is 0.350. The minimum absolute atomic E-state index is 0.0153. The van der Waals surface area contributed by atoms with Crippen molar-refractivity contribution in [3.63, 3.8) is 0 Å². The largest absolute Gasteiger partial charge is 0.332 e. The number of para-hydroxylation sites is 1. The summed E-state index contributed by atoms with van der Waals surface area (Å²) in [4.78, 5) is 24.9. The molecule has 0 aliphatic carbocycles. The molecule has 26 heavy (non-hydrogen) atoms. The molecule has 136 valence electrons. The molecule has 5 nitrogen and oxygen atoms in total. The third-order valence-corrected chi connectivity index (χ3v) is 5.65. The van der Waals surface area contributed by atoms with Gasteiger partial charge in [-0.1, -0.05) is 50.7 Å². The summed E-state index contributed by atoms with van der Waals surface area (Å²) in [5, 5.41) is 3.67. The van der Waals surface area contributed by atoms with E-state index >= 15 is 0 Å². The second kappa shape index (κ2) is 8.36. The van der Waals surface area contributed by atoms with E-state index in [0.29, 0.717) is 5.65 Å². The lowest BCUT2D eigenvalue weighted by atomic mass is 10.0. The summed E-state index contributed by atoms with van der Waals surface area (Å²) < 4.78 is 0. The average molecular weight is 369 g/mol. The van der Waals surface area contributed by atoms with Crippen LogP contribution in [0.2, 0.25) is 0 Å². The zero-order valence-electron chi connectivity index (χ0n) is 15.4. The topological polar surface area (TPSA) is 70.7 Å². The number of carbonyl (C=O) groups is 1. The van der Waals surface area contributed by atoms with E-state index < -0.39 is 0 Å². The van der Waals surface area contributed by atoms with Crippen LogP contribution in [0.5, 0.6) is 0 Å². The average Bonchev–Trinajstić information content (AvgIpc) is 3.08. The summed E-state index contributed by atoms with van der Waals surface area (Å²) >= 11 is 1.45. The fourth-order valence-corrected chi connectivity index (χ4v) is 3.85. The van der Waals surface area contributed by atoms with Gasteiger partial charge in [0.05, 0.1) is 10.8 Å². The van der Waals surface area contributed by atoms with Crippen molar-refractivity contribution in [1.29, 1.82) is 0 Å². The van der Waals surface area contributed by atoms with Gasteiger partial charge in [0.2, 0.25) is 5.91 Å². The third-order valence-electron chi connectivity index (χ3n) is 4.40. The number of hydrogen-bond donors (Lipinski definition) is 2. The Balaban J connectivity index is 1.79. The van der Waals surface area contributed by atoms with Crippen molar-refractivity contribution in [2.75, 3.05) is 5.32 Å². The highest BCUT2D eigenvalue weighted by Gasteiger charge is 2.21. The molecule has 6 heteroatoms. The van der Waals surface area contributed by atoms with Crippen LogP contribution in [-0.2, 0) is 17.6 Å². The van der Waals surface area contributed by atoms with Crippen molar-refractivity contribution in [1.82, 2.24) is 15.0 Å². The lowest BCUT2D eigenvalue weighted by molar-refractivity contribution is -0.115. The van der Waals surface area contributed by atoms with Gasteiger partial charge in [0.15, 0.2) is 10.8 Å². The number of nitrogens with one attached hydrogen (secondary N) is 2. The van der Waals surface area contributed by atoms with E-state index in [9.17, 15) is 4.79 Å². The van der Waals surface area contributed by atoms with Gasteiger partial charge in [-0.2, -0.15) is 0 Å². The van der Waals surface area contributed by atoms with E-state index in [4.69, 9.17) is 0 Å². The van der Waals surface area contributed by atoms with E-state index in [1.807, 2.05) is 19.1 Å². The van der Waals surface area contributed by atoms with Crippen LogP contribution in [0, 0.1) is 0 Å². The van der Waals surface area contributed by atoms with Crippen molar-refractivity contribution < 1.29 is 4.79 Å². The van der Waals surface area contributed by atoms with Crippen LogP contribution < -0.4 is 5.32 Å². The summed E-state index contributed by atoms with van der Waals surface area (Å²) in [6, 6.07) is 10.0. The second-order valence-corrected chi connectivity index (χ2v) is 7.27. The Kier molecular flexibility index (Phi) is 5.93. The number of H-pyrrole nitrogens is 1. The zero-order valence-corrected chi connectivity index (χ0v) is 16.2. The number of aromatic amines is 1. The van der Waals surface area contributed by atoms with Gasteiger partial charge < -0.3 is 10.3 Å². The first-order valence-electron chi connectivity index (χ1n) is 9.05. The number of nitrogens with zero attached hydrogens (tertiary/aromatic N) is 2. The molecule has 0 saturated carbocycles. The number of aryl methyl sites for hydroxylation is 2. The number of fused-ring (bicyclic) bond motifs is 1. The molecule has 0 saturated heterocycles. The van der Waals surface area contributed by atoms with Gasteiger partial charge in [-0.05, 0) is 42.5 Å². The minimum Gasteiger partial charge on any atom is -0.332 e. The summed E-state index contributed by atoms with van der Waals surface area (Å²) in [6.45, 7) is 6.24. The van der Waals surface area contributed by atoms with Gasteiger partial charge >= 0.3 is 0 Å². The van der Waals surface area contributed by atoms with Crippen LogP contribution in [0.4, 0.5) is 5.69 Å². The predicted octanol–water partition coefficient (Wildman–Crippen LogP) is 4.59. The highest BCUT2D eigenvalue weighted by atomic mass is 32.2. The molecule has 2 N–H and O–H groups in total. The Labute approximate surface area is 158 Å². The lowest BCUT2D eigenvalue weighted by Gasteiger charge is -2.18. The molecule has 1 atom stereocenters. The van der Waals surface area contributed by atoms with Gasteiger partial charge in [-0.15, -0.1) is 0 Å². The smallest absolute Gasteiger partial charge is 0.237 e. The first-order valence-corrected chi connectivity index (χ1v) is 9.93. The van der Waals surface area contributed by atoms with Crippen molar-refractivity contribution in [3.05, 3.63) is 47.7 Å². The van der Waals surface area contributed by atoms with Gasteiger partial charge in [0, 0.05) is 11.9 Å². The van der Waals surface area contributed by atoms with Crippen LogP contribution >= 0.6 is 11.8 Å². The molecule has 0 aliphatic rings. The van der Waals surface area contributed by atoms with Crippen LogP contribution in [0.3, 0.4) is 0 Å². The molecule has 2 heterocycles. The molecule has 1 aromatic carbocycles. The molecule has 2 aromatic heterocycles. The minimum atomic E-state index is -0.217. The normalized spacial score (nSPS) is 12.3. The Bertz CT molecular complexity index is 850. The quantitative estimate of drug-likeness (QED) is 0.598. The summed E-state index contributed by atoms with van der Waals surface area (Å²) in [7, 11) is 0. The maximum atomic E-state index is 12.9. The number of carbonyl (C=O) groups excluding carboxylic acids is 1. The van der Waals surface area contributed by atoms with E-state index in [0.717, 1.165) is 35.6 Å². The molecule has 3 rings (SSSR count). The first kappa shape index (κ1) is 18.5. The Morgan fingerprint density at radius 3 is 2.50 bits per heavy atom. The third kappa shape index (κ3) is 3.90. The van der Waals surface area contributed by atoms with Gasteiger partial charge in [-0.25, -0.2) is 9.97 Å². The number of benzene rings is 1. The number of aromatic nitrogens is 3. The monoisotopic (exact) mass is 368 g/mol. The highest BCUT2D eigenvalue weighted by molar-refractivity contribution is 8.00. The fourth-order valence-electron chi connectivity index (χ4n) is 2.94. The molecule has 0 bridgehead atoms. The molecule has 1 amide bonds. The van der Waals surface area contributed by atoms with Gasteiger partial charge in [-0.3, -0.25) is 4.79 Å². The second-order valence-electron chi connectivity index (χ2n) is 6.08. The number of pyridine rings is 1. The molecule has 0 fully saturated rings. The summed E-state index contributed by atoms with van der Waals surface area (Å²) in [5.74, 6) is 0.0153. The van der Waals surface area contributed by atoms with Gasteiger partial charge in [0.1, 0.15) is 0 Å². The van der Waals surface area contributed by atoms with Crippen molar-refractivity contribution in [3.8, 4) is 0 Å². The number of thioether (sulfide) groups is 1. The lowest BCUT2D eigenvalue weighted by Crippen LogP contribution is -2.26. The molecule has 0 unspecified atom stereocenters. The Morgan fingerprint density at radius 1 is 1.15 bits per heavy atom. The number of rotatable bonds is 7. The van der Waals surface area contributed by atoms with Crippen LogP contribution in [0.25, 0.3) is 11.2 Å².